The average molecular weight is 653 g/mol. The van der Waals surface area contributed by atoms with E-state index >= 15 is 0 Å². The SMILES string of the molecule is COc1cc(/C=C/C(=O)O[C@@H]2[C@@H](O[C@@H]3O[C@H](C)[C@H](O)[C@@H](O)[C@@H]3O)[C@H](O)[C@@H](OCCc3ccc(O)c(OC)c3)O[C@H]2CO)ccc1O. The Morgan fingerprint density at radius 1 is 0.848 bits per heavy atom. The number of ether oxygens (including phenoxy) is 7. The number of methoxy groups -OCH3 is 2. The van der Waals surface area contributed by atoms with Gasteiger partial charge in [-0.05, 0) is 54.8 Å². The maximum absolute atomic E-state index is 12.9. The maximum Gasteiger partial charge on any atom is 0.331 e. The molecule has 10 atom stereocenters. The van der Waals surface area contributed by atoms with Crippen LogP contribution in [0.3, 0.4) is 0 Å². The molecule has 0 aliphatic carbocycles. The van der Waals surface area contributed by atoms with Gasteiger partial charge in [-0.1, -0.05) is 12.1 Å². The molecule has 0 spiro atoms. The molecule has 0 amide bonds. The Morgan fingerprint density at radius 3 is 2.20 bits per heavy atom. The number of hydrogen-bond donors (Lipinski definition) is 7. The van der Waals surface area contributed by atoms with E-state index in [4.69, 9.17) is 33.2 Å². The quantitative estimate of drug-likeness (QED) is 0.114. The molecule has 0 radical (unpaired) electrons. The number of phenolic OH excluding ortho intramolecular Hbond substituents is 2. The minimum atomic E-state index is -1.75. The molecule has 15 heteroatoms. The molecular weight excluding hydrogens is 612 g/mol. The predicted octanol–water partition coefficient (Wildman–Crippen LogP) is -0.410. The van der Waals surface area contributed by atoms with Crippen molar-refractivity contribution in [3.05, 3.63) is 53.6 Å². The number of aliphatic hydroxyl groups is 5. The lowest BCUT2D eigenvalue weighted by molar-refractivity contribution is -0.357. The number of esters is 1. The minimum Gasteiger partial charge on any atom is -0.504 e. The molecule has 46 heavy (non-hydrogen) atoms. The van der Waals surface area contributed by atoms with Gasteiger partial charge < -0.3 is 68.9 Å². The Kier molecular flexibility index (Phi) is 12.2. The fourth-order valence-electron chi connectivity index (χ4n) is 5.06. The lowest BCUT2D eigenvalue weighted by Gasteiger charge is -2.46. The Morgan fingerprint density at radius 2 is 1.52 bits per heavy atom. The fourth-order valence-corrected chi connectivity index (χ4v) is 5.06. The van der Waals surface area contributed by atoms with E-state index < -0.39 is 74.0 Å². The van der Waals surface area contributed by atoms with E-state index in [9.17, 15) is 40.5 Å². The highest BCUT2D eigenvalue weighted by atomic mass is 16.7. The third kappa shape index (κ3) is 8.25. The van der Waals surface area contributed by atoms with Gasteiger partial charge in [0, 0.05) is 6.08 Å². The van der Waals surface area contributed by atoms with Crippen LogP contribution >= 0.6 is 0 Å². The highest BCUT2D eigenvalue weighted by Crippen LogP contribution is 2.32. The molecule has 0 saturated carbocycles. The average Bonchev–Trinajstić information content (AvgIpc) is 3.05. The van der Waals surface area contributed by atoms with Crippen molar-refractivity contribution >= 4 is 12.0 Å². The van der Waals surface area contributed by atoms with Gasteiger partial charge in [0.1, 0.15) is 36.6 Å². The molecule has 2 heterocycles. The van der Waals surface area contributed by atoms with Gasteiger partial charge in [-0.25, -0.2) is 4.79 Å². The highest BCUT2D eigenvalue weighted by Gasteiger charge is 2.52. The van der Waals surface area contributed by atoms with Crippen LogP contribution in [0.1, 0.15) is 18.1 Å². The molecule has 2 fully saturated rings. The lowest BCUT2D eigenvalue weighted by Crippen LogP contribution is -2.65. The number of aromatic hydroxyl groups is 2. The molecule has 2 aromatic rings. The topological polar surface area (TPSA) is 223 Å². The Hall–Kier alpha value is -3.51. The zero-order chi connectivity index (χ0) is 33.5. The number of hydrogen-bond acceptors (Lipinski definition) is 15. The van der Waals surface area contributed by atoms with Crippen LogP contribution in [0.25, 0.3) is 6.08 Å². The smallest absolute Gasteiger partial charge is 0.331 e. The van der Waals surface area contributed by atoms with Gasteiger partial charge in [-0.2, -0.15) is 0 Å². The van der Waals surface area contributed by atoms with E-state index in [1.165, 1.54) is 51.5 Å². The van der Waals surface area contributed by atoms with E-state index in [0.29, 0.717) is 12.0 Å². The van der Waals surface area contributed by atoms with Crippen molar-refractivity contribution < 1.29 is 73.7 Å². The number of benzene rings is 2. The van der Waals surface area contributed by atoms with Crippen LogP contribution in [-0.2, 0) is 34.9 Å². The number of aliphatic hydroxyl groups excluding tert-OH is 5. The third-order valence-corrected chi connectivity index (χ3v) is 7.68. The van der Waals surface area contributed by atoms with E-state index in [0.717, 1.165) is 11.6 Å². The van der Waals surface area contributed by atoms with E-state index in [2.05, 4.69) is 0 Å². The molecule has 2 aromatic carbocycles. The number of carbonyl (C=O) groups is 1. The molecule has 4 rings (SSSR count). The third-order valence-electron chi connectivity index (χ3n) is 7.68. The molecule has 7 N–H and O–H groups in total. The normalized spacial score (nSPS) is 31.5. The van der Waals surface area contributed by atoms with Gasteiger partial charge in [-0.15, -0.1) is 0 Å². The summed E-state index contributed by atoms with van der Waals surface area (Å²) in [7, 11) is 2.78. The molecule has 0 unspecified atom stereocenters. The maximum atomic E-state index is 12.9. The standard InChI is InChI=1S/C31H40O15/c1-15-24(36)25(37)26(38)31(43-15)46-29-27(39)30(42-11-10-17-5-8-19(34)21(13-17)41-3)44-22(14-32)28(29)45-23(35)9-6-16-4-7-18(33)20(12-16)40-2/h4-9,12-13,15,22,24-34,36-39H,10-11,14H2,1-3H3/b9-6+/t15-,22+,24+,25-,26+,27+,28+,29+,30+,31+/m1/s1. The Balaban J connectivity index is 1.52. The van der Waals surface area contributed by atoms with Crippen LogP contribution < -0.4 is 9.47 Å². The molecule has 2 aliphatic rings. The van der Waals surface area contributed by atoms with Crippen LogP contribution in [0.15, 0.2) is 42.5 Å². The van der Waals surface area contributed by atoms with Crippen molar-refractivity contribution in [3.8, 4) is 23.0 Å². The summed E-state index contributed by atoms with van der Waals surface area (Å²) in [5, 5.41) is 72.1. The van der Waals surface area contributed by atoms with Crippen molar-refractivity contribution in [1.82, 2.24) is 0 Å². The summed E-state index contributed by atoms with van der Waals surface area (Å²) in [5.74, 6) is -0.622. The first-order chi connectivity index (χ1) is 22.0. The van der Waals surface area contributed by atoms with Gasteiger partial charge in [-0.3, -0.25) is 0 Å². The van der Waals surface area contributed by atoms with Gasteiger partial charge in [0.25, 0.3) is 0 Å². The fraction of sp³-hybridized carbons (Fsp3) is 0.516. The van der Waals surface area contributed by atoms with Crippen molar-refractivity contribution in [1.29, 1.82) is 0 Å². The zero-order valence-electron chi connectivity index (χ0n) is 25.4. The van der Waals surface area contributed by atoms with E-state index in [-0.39, 0.29) is 29.6 Å². The first kappa shape index (κ1) is 35.3. The van der Waals surface area contributed by atoms with Gasteiger partial charge >= 0.3 is 5.97 Å². The van der Waals surface area contributed by atoms with Crippen LogP contribution in [-0.4, -0.2) is 131 Å². The van der Waals surface area contributed by atoms with Crippen molar-refractivity contribution in [3.63, 3.8) is 0 Å². The first-order valence-electron chi connectivity index (χ1n) is 14.5. The highest BCUT2D eigenvalue weighted by molar-refractivity contribution is 5.87. The Labute approximate surface area is 264 Å². The molecule has 254 valence electrons. The largest absolute Gasteiger partial charge is 0.504 e. The van der Waals surface area contributed by atoms with Gasteiger partial charge in [0.2, 0.25) is 0 Å². The summed E-state index contributed by atoms with van der Waals surface area (Å²) in [6, 6.07) is 9.10. The first-order valence-corrected chi connectivity index (χ1v) is 14.5. The second-order valence-corrected chi connectivity index (χ2v) is 10.8. The zero-order valence-corrected chi connectivity index (χ0v) is 25.4. The summed E-state index contributed by atoms with van der Waals surface area (Å²) in [6.07, 6.45) is -12.0. The molecule has 0 aromatic heterocycles. The molecular formula is C31H40O15. The van der Waals surface area contributed by atoms with Gasteiger partial charge in [0.15, 0.2) is 41.7 Å². The minimum absolute atomic E-state index is 0.00565. The molecule has 15 nitrogen and oxygen atoms in total. The van der Waals surface area contributed by atoms with Crippen molar-refractivity contribution in [2.45, 2.75) is 74.8 Å². The number of rotatable bonds is 12. The number of carbonyl (C=O) groups excluding carboxylic acids is 1. The summed E-state index contributed by atoms with van der Waals surface area (Å²) in [5.41, 5.74) is 1.22. The van der Waals surface area contributed by atoms with Crippen molar-refractivity contribution in [2.24, 2.45) is 0 Å². The van der Waals surface area contributed by atoms with E-state index in [1.807, 2.05) is 0 Å². The van der Waals surface area contributed by atoms with E-state index in [1.54, 1.807) is 12.1 Å². The lowest BCUT2D eigenvalue weighted by atomic mass is 9.97. The van der Waals surface area contributed by atoms with Crippen LogP contribution in [0.5, 0.6) is 23.0 Å². The van der Waals surface area contributed by atoms with Crippen molar-refractivity contribution in [2.75, 3.05) is 27.4 Å². The van der Waals surface area contributed by atoms with Gasteiger partial charge in [0.05, 0.1) is 33.5 Å². The molecule has 0 bridgehead atoms. The van der Waals surface area contributed by atoms with Crippen LogP contribution in [0.2, 0.25) is 0 Å². The summed E-state index contributed by atoms with van der Waals surface area (Å²) >= 11 is 0. The molecule has 2 saturated heterocycles. The monoisotopic (exact) mass is 652 g/mol. The summed E-state index contributed by atoms with van der Waals surface area (Å²) in [6.45, 7) is 0.733. The summed E-state index contributed by atoms with van der Waals surface area (Å²) < 4.78 is 38.7. The second kappa shape index (κ2) is 15.9. The second-order valence-electron chi connectivity index (χ2n) is 10.8. The predicted molar refractivity (Wildman–Crippen MR) is 157 cm³/mol. The Bertz CT molecular complexity index is 1340. The molecule has 2 aliphatic heterocycles. The number of phenols is 2. The summed E-state index contributed by atoms with van der Waals surface area (Å²) in [4.78, 5) is 12.9. The van der Waals surface area contributed by atoms with Crippen LogP contribution in [0.4, 0.5) is 0 Å². The van der Waals surface area contributed by atoms with Crippen LogP contribution in [0, 0.1) is 0 Å².